The molecule has 0 amide bonds. The summed E-state index contributed by atoms with van der Waals surface area (Å²) >= 11 is 0. The molecule has 0 saturated carbocycles. The molecule has 0 radical (unpaired) electrons. The first-order valence-corrected chi connectivity index (χ1v) is 5.78. The van der Waals surface area contributed by atoms with Crippen LogP contribution in [0.2, 0.25) is 0 Å². The number of ether oxygens (including phenoxy) is 2. The van der Waals surface area contributed by atoms with Crippen molar-refractivity contribution in [3.63, 3.8) is 0 Å². The van der Waals surface area contributed by atoms with E-state index in [2.05, 4.69) is 6.92 Å². The molecule has 0 atom stereocenters. The molecule has 0 N–H and O–H groups in total. The van der Waals surface area contributed by atoms with E-state index >= 15 is 0 Å². The Hall–Kier alpha value is -1.25. The minimum absolute atomic E-state index is 0.108. The van der Waals surface area contributed by atoms with Crippen LogP contribution < -0.4 is 9.47 Å². The topological polar surface area (TPSA) is 18.5 Å². The number of halogens is 1. The minimum atomic E-state index is -0.463. The number of hydrogen-bond acceptors (Lipinski definition) is 2. The number of rotatable bonds is 8. The molecule has 1 aromatic rings. The zero-order valence-electron chi connectivity index (χ0n) is 9.75. The van der Waals surface area contributed by atoms with Gasteiger partial charge in [-0.05, 0) is 30.7 Å². The van der Waals surface area contributed by atoms with Gasteiger partial charge in [-0.15, -0.1) is 0 Å². The summed E-state index contributed by atoms with van der Waals surface area (Å²) in [5, 5.41) is 0. The van der Waals surface area contributed by atoms with Crippen LogP contribution in [0.5, 0.6) is 11.5 Å². The molecule has 0 aliphatic rings. The molecule has 0 saturated heterocycles. The number of unbranched alkanes of at least 4 members (excludes halogenated alkanes) is 2. The molecule has 0 heterocycles. The lowest BCUT2D eigenvalue weighted by molar-refractivity contribution is 0.272. The highest BCUT2D eigenvalue weighted by atomic mass is 19.1. The van der Waals surface area contributed by atoms with Crippen molar-refractivity contribution in [2.24, 2.45) is 0 Å². The van der Waals surface area contributed by atoms with Gasteiger partial charge in [-0.25, -0.2) is 4.39 Å². The summed E-state index contributed by atoms with van der Waals surface area (Å²) in [5.74, 6) is 1.52. The number of benzene rings is 1. The zero-order valence-corrected chi connectivity index (χ0v) is 9.75. The van der Waals surface area contributed by atoms with E-state index in [1.807, 2.05) is 12.1 Å². The summed E-state index contributed by atoms with van der Waals surface area (Å²) in [7, 11) is 0. The molecule has 0 aliphatic heterocycles. The lowest BCUT2D eigenvalue weighted by atomic mass is 10.3. The molecule has 90 valence electrons. The second-order valence-corrected chi connectivity index (χ2v) is 3.56. The van der Waals surface area contributed by atoms with Gasteiger partial charge in [0, 0.05) is 0 Å². The van der Waals surface area contributed by atoms with E-state index in [1.165, 1.54) is 12.8 Å². The van der Waals surface area contributed by atoms with Crippen molar-refractivity contribution in [2.75, 3.05) is 19.9 Å². The lowest BCUT2D eigenvalue weighted by Gasteiger charge is -2.07. The smallest absolute Gasteiger partial charge is 0.123 e. The molecule has 0 aromatic heterocycles. The van der Waals surface area contributed by atoms with Crippen LogP contribution in [-0.4, -0.2) is 19.9 Å². The Kier molecular flexibility index (Phi) is 6.38. The van der Waals surface area contributed by atoms with Crippen LogP contribution in [0.15, 0.2) is 24.3 Å². The van der Waals surface area contributed by atoms with Crippen molar-refractivity contribution in [1.29, 1.82) is 0 Å². The van der Waals surface area contributed by atoms with Crippen LogP contribution in [0.25, 0.3) is 0 Å². The van der Waals surface area contributed by atoms with Gasteiger partial charge in [0.15, 0.2) is 0 Å². The summed E-state index contributed by atoms with van der Waals surface area (Å²) in [6, 6.07) is 7.29. The van der Waals surface area contributed by atoms with Crippen LogP contribution in [0.3, 0.4) is 0 Å². The molecule has 0 fully saturated rings. The molecule has 0 aliphatic carbocycles. The molecule has 0 spiro atoms. The number of alkyl halides is 1. The van der Waals surface area contributed by atoms with E-state index in [-0.39, 0.29) is 6.61 Å². The summed E-state index contributed by atoms with van der Waals surface area (Å²) in [6.45, 7) is 2.56. The molecule has 16 heavy (non-hydrogen) atoms. The van der Waals surface area contributed by atoms with Gasteiger partial charge in [0.25, 0.3) is 0 Å². The van der Waals surface area contributed by atoms with Gasteiger partial charge in [-0.1, -0.05) is 19.8 Å². The van der Waals surface area contributed by atoms with Gasteiger partial charge in [0.1, 0.15) is 24.8 Å². The standard InChI is InChI=1S/C13H19FO2/c1-2-3-4-10-15-12-5-7-13(8-6-12)16-11-9-14/h5-8H,2-4,9-11H2,1H3. The van der Waals surface area contributed by atoms with E-state index in [4.69, 9.17) is 9.47 Å². The van der Waals surface area contributed by atoms with E-state index in [1.54, 1.807) is 12.1 Å². The summed E-state index contributed by atoms with van der Waals surface area (Å²) in [5.41, 5.74) is 0. The maximum Gasteiger partial charge on any atom is 0.123 e. The fraction of sp³-hybridized carbons (Fsp3) is 0.538. The van der Waals surface area contributed by atoms with Crippen LogP contribution >= 0.6 is 0 Å². The first kappa shape index (κ1) is 12.8. The van der Waals surface area contributed by atoms with Gasteiger partial charge < -0.3 is 9.47 Å². The van der Waals surface area contributed by atoms with Crippen LogP contribution in [0.4, 0.5) is 4.39 Å². The van der Waals surface area contributed by atoms with E-state index < -0.39 is 6.67 Å². The first-order valence-electron chi connectivity index (χ1n) is 5.78. The van der Waals surface area contributed by atoms with Gasteiger partial charge in [0.2, 0.25) is 0 Å². The van der Waals surface area contributed by atoms with Gasteiger partial charge in [0.05, 0.1) is 6.61 Å². The van der Waals surface area contributed by atoms with E-state index in [0.717, 1.165) is 18.8 Å². The molecule has 1 rings (SSSR count). The molecule has 0 unspecified atom stereocenters. The average molecular weight is 226 g/mol. The molecule has 3 heteroatoms. The summed E-state index contributed by atoms with van der Waals surface area (Å²) in [4.78, 5) is 0. The Morgan fingerprint density at radius 3 is 2.00 bits per heavy atom. The average Bonchev–Trinajstić information content (AvgIpc) is 2.33. The first-order chi connectivity index (χ1) is 7.86. The third kappa shape index (κ3) is 5.01. The third-order valence-electron chi connectivity index (χ3n) is 2.19. The van der Waals surface area contributed by atoms with Crippen molar-refractivity contribution in [1.82, 2.24) is 0 Å². The highest BCUT2D eigenvalue weighted by Crippen LogP contribution is 2.17. The Balaban J connectivity index is 2.27. The Bertz CT molecular complexity index is 272. The van der Waals surface area contributed by atoms with Crippen LogP contribution in [-0.2, 0) is 0 Å². The fourth-order valence-corrected chi connectivity index (χ4v) is 1.33. The van der Waals surface area contributed by atoms with Crippen molar-refractivity contribution in [2.45, 2.75) is 26.2 Å². The third-order valence-corrected chi connectivity index (χ3v) is 2.19. The Morgan fingerprint density at radius 2 is 1.50 bits per heavy atom. The van der Waals surface area contributed by atoms with Crippen LogP contribution in [0, 0.1) is 0 Å². The second-order valence-electron chi connectivity index (χ2n) is 3.56. The summed E-state index contributed by atoms with van der Waals surface area (Å²) in [6.07, 6.45) is 3.47. The van der Waals surface area contributed by atoms with Gasteiger partial charge in [-0.3, -0.25) is 0 Å². The SMILES string of the molecule is CCCCCOc1ccc(OCCF)cc1. The van der Waals surface area contributed by atoms with Gasteiger partial charge in [-0.2, -0.15) is 0 Å². The summed E-state index contributed by atoms with van der Waals surface area (Å²) < 4.78 is 22.5. The molecule has 2 nitrogen and oxygen atoms in total. The fourth-order valence-electron chi connectivity index (χ4n) is 1.33. The van der Waals surface area contributed by atoms with Crippen molar-refractivity contribution in [3.05, 3.63) is 24.3 Å². The maximum absolute atomic E-state index is 11.8. The van der Waals surface area contributed by atoms with Crippen molar-refractivity contribution >= 4 is 0 Å². The quantitative estimate of drug-likeness (QED) is 0.630. The predicted octanol–water partition coefficient (Wildman–Crippen LogP) is 3.60. The zero-order chi connectivity index (χ0) is 11.6. The van der Waals surface area contributed by atoms with E-state index in [0.29, 0.717) is 5.75 Å². The number of hydrogen-bond donors (Lipinski definition) is 0. The monoisotopic (exact) mass is 226 g/mol. The minimum Gasteiger partial charge on any atom is -0.494 e. The molecule has 1 aromatic carbocycles. The largest absolute Gasteiger partial charge is 0.494 e. The highest BCUT2D eigenvalue weighted by molar-refractivity contribution is 5.31. The van der Waals surface area contributed by atoms with Gasteiger partial charge >= 0.3 is 0 Å². The second kappa shape index (κ2) is 7.97. The highest BCUT2D eigenvalue weighted by Gasteiger charge is 1.96. The van der Waals surface area contributed by atoms with Crippen molar-refractivity contribution < 1.29 is 13.9 Å². The Morgan fingerprint density at radius 1 is 0.938 bits per heavy atom. The van der Waals surface area contributed by atoms with E-state index in [9.17, 15) is 4.39 Å². The maximum atomic E-state index is 11.8. The van der Waals surface area contributed by atoms with Crippen LogP contribution in [0.1, 0.15) is 26.2 Å². The molecule has 0 bridgehead atoms. The molecular weight excluding hydrogens is 207 g/mol. The normalized spacial score (nSPS) is 10.1. The molecular formula is C13H19FO2. The van der Waals surface area contributed by atoms with Crippen molar-refractivity contribution in [3.8, 4) is 11.5 Å². The lowest BCUT2D eigenvalue weighted by Crippen LogP contribution is -1.99. The predicted molar refractivity (Wildman–Crippen MR) is 62.9 cm³/mol. The Labute approximate surface area is 96.4 Å².